The maximum Gasteiger partial charge on any atom is 0.416 e. The van der Waals surface area contributed by atoms with E-state index in [1.807, 2.05) is 31.0 Å². The predicted octanol–water partition coefficient (Wildman–Crippen LogP) is 4.47. The first-order valence-electron chi connectivity index (χ1n) is 9.39. The normalized spacial score (nSPS) is 12.3. The first-order valence-corrected chi connectivity index (χ1v) is 11.4. The van der Waals surface area contributed by atoms with Crippen LogP contribution in [0.15, 0.2) is 53.5 Å². The Bertz CT molecular complexity index is 961. The van der Waals surface area contributed by atoms with Crippen LogP contribution in [0.3, 0.4) is 0 Å². The average molecular weight is 569 g/mol. The van der Waals surface area contributed by atoms with Crippen LogP contribution in [0, 0.1) is 0 Å². The van der Waals surface area contributed by atoms with Crippen molar-refractivity contribution < 1.29 is 21.6 Å². The fourth-order valence-electron chi connectivity index (χ4n) is 2.83. The van der Waals surface area contributed by atoms with Gasteiger partial charge in [-0.1, -0.05) is 36.4 Å². The van der Waals surface area contributed by atoms with Gasteiger partial charge in [-0.05, 0) is 35.7 Å². The van der Waals surface area contributed by atoms with Crippen LogP contribution < -0.4 is 5.32 Å². The molecule has 0 aromatic heterocycles. The van der Waals surface area contributed by atoms with Gasteiger partial charge in [0.15, 0.2) is 15.8 Å². The quantitative estimate of drug-likeness (QED) is 0.304. The molecule has 0 aliphatic heterocycles. The van der Waals surface area contributed by atoms with Gasteiger partial charge in [0.05, 0.1) is 17.9 Å². The zero-order chi connectivity index (χ0) is 22.4. The molecule has 0 heterocycles. The van der Waals surface area contributed by atoms with Crippen molar-refractivity contribution in [3.05, 3.63) is 70.8 Å². The number of hydrogen-bond donors (Lipinski definition) is 1. The molecule has 0 aliphatic rings. The van der Waals surface area contributed by atoms with Gasteiger partial charge >= 0.3 is 6.18 Å². The molecule has 0 aliphatic carbocycles. The van der Waals surface area contributed by atoms with E-state index in [1.54, 1.807) is 12.1 Å². The van der Waals surface area contributed by atoms with Gasteiger partial charge in [-0.3, -0.25) is 0 Å². The lowest BCUT2D eigenvalue weighted by Crippen LogP contribution is -2.38. The van der Waals surface area contributed by atoms with Gasteiger partial charge in [0.2, 0.25) is 0 Å². The number of sulfone groups is 1. The highest BCUT2D eigenvalue weighted by Gasteiger charge is 2.29. The van der Waals surface area contributed by atoms with Crippen molar-refractivity contribution in [2.24, 2.45) is 4.99 Å². The summed E-state index contributed by atoms with van der Waals surface area (Å²) < 4.78 is 60.9. The van der Waals surface area contributed by atoms with E-state index in [0.29, 0.717) is 25.6 Å². The highest BCUT2D eigenvalue weighted by molar-refractivity contribution is 14.0. The highest BCUT2D eigenvalue weighted by atomic mass is 127. The van der Waals surface area contributed by atoms with Crippen molar-refractivity contribution in [1.82, 2.24) is 10.2 Å². The van der Waals surface area contributed by atoms with Crippen molar-refractivity contribution in [2.45, 2.75) is 31.9 Å². The number of alkyl halides is 3. The lowest BCUT2D eigenvalue weighted by atomic mass is 10.1. The number of guanidine groups is 1. The van der Waals surface area contributed by atoms with E-state index >= 15 is 0 Å². The smallest absolute Gasteiger partial charge is 0.357 e. The molecule has 172 valence electrons. The van der Waals surface area contributed by atoms with Crippen molar-refractivity contribution in [3.63, 3.8) is 0 Å². The Kier molecular flexibility index (Phi) is 10.3. The molecule has 0 spiro atoms. The van der Waals surface area contributed by atoms with Gasteiger partial charge in [-0.2, -0.15) is 13.2 Å². The van der Waals surface area contributed by atoms with Crippen molar-refractivity contribution >= 4 is 39.8 Å². The van der Waals surface area contributed by atoms with E-state index in [0.717, 1.165) is 28.8 Å². The molecule has 1 N–H and O–H groups in total. The molecule has 31 heavy (non-hydrogen) atoms. The number of halogens is 4. The monoisotopic (exact) mass is 569 g/mol. The van der Waals surface area contributed by atoms with E-state index in [4.69, 9.17) is 0 Å². The minimum Gasteiger partial charge on any atom is -0.357 e. The summed E-state index contributed by atoms with van der Waals surface area (Å²) in [5, 5.41) is 3.17. The van der Waals surface area contributed by atoms with E-state index in [2.05, 4.69) is 10.3 Å². The average Bonchev–Trinajstić information content (AvgIpc) is 2.64. The van der Waals surface area contributed by atoms with Crippen LogP contribution in [-0.2, 0) is 34.9 Å². The van der Waals surface area contributed by atoms with Crippen LogP contribution in [0.4, 0.5) is 13.2 Å². The summed E-state index contributed by atoms with van der Waals surface area (Å²) in [4.78, 5) is 6.41. The van der Waals surface area contributed by atoms with Crippen LogP contribution in [0.25, 0.3) is 0 Å². The number of hydrogen-bond acceptors (Lipinski definition) is 3. The SMILES string of the molecule is CCNC(=NCc1ccc(CS(C)(=O)=O)cc1)N(C)Cc1ccc(C(F)(F)F)cc1.I. The van der Waals surface area contributed by atoms with Gasteiger partial charge in [-0.25, -0.2) is 13.4 Å². The standard InChI is InChI=1S/C21H26F3N3O2S.HI/c1-4-25-20(26-13-16-5-7-18(8-6-16)15-30(3,28)29)27(2)14-17-9-11-19(12-10-17)21(22,23)24;/h5-12H,4,13-15H2,1-3H3,(H,25,26);1H. The summed E-state index contributed by atoms with van der Waals surface area (Å²) in [6.07, 6.45) is -3.15. The Morgan fingerprint density at radius 3 is 2.00 bits per heavy atom. The highest BCUT2D eigenvalue weighted by Crippen LogP contribution is 2.29. The minimum absolute atomic E-state index is 0. The number of benzene rings is 2. The fourth-order valence-corrected chi connectivity index (χ4v) is 3.63. The van der Waals surface area contributed by atoms with Crippen molar-refractivity contribution in [3.8, 4) is 0 Å². The molecule has 0 amide bonds. The second-order valence-corrected chi connectivity index (χ2v) is 9.25. The predicted molar refractivity (Wildman–Crippen MR) is 128 cm³/mol. The van der Waals surface area contributed by atoms with Crippen LogP contribution in [-0.4, -0.2) is 39.1 Å². The second kappa shape index (κ2) is 11.7. The Labute approximate surface area is 198 Å². The molecular formula is C21H27F3IN3O2S. The molecule has 2 aromatic carbocycles. The molecule has 0 bridgehead atoms. The molecule has 0 radical (unpaired) electrons. The zero-order valence-electron chi connectivity index (χ0n) is 17.6. The largest absolute Gasteiger partial charge is 0.416 e. The fraction of sp³-hybridized carbons (Fsp3) is 0.381. The van der Waals surface area contributed by atoms with E-state index in [1.165, 1.54) is 18.4 Å². The van der Waals surface area contributed by atoms with Crippen LogP contribution in [0.2, 0.25) is 0 Å². The lowest BCUT2D eigenvalue weighted by Gasteiger charge is -2.22. The summed E-state index contributed by atoms with van der Waals surface area (Å²) >= 11 is 0. The van der Waals surface area contributed by atoms with Crippen molar-refractivity contribution in [2.75, 3.05) is 19.8 Å². The van der Waals surface area contributed by atoms with Crippen molar-refractivity contribution in [1.29, 1.82) is 0 Å². The molecule has 0 atom stereocenters. The molecule has 0 fully saturated rings. The lowest BCUT2D eigenvalue weighted by molar-refractivity contribution is -0.137. The maximum absolute atomic E-state index is 12.7. The van der Waals surface area contributed by atoms with Crippen LogP contribution in [0.1, 0.15) is 29.2 Å². The first-order chi connectivity index (χ1) is 14.0. The molecule has 5 nitrogen and oxygen atoms in total. The van der Waals surface area contributed by atoms with E-state index < -0.39 is 21.6 Å². The van der Waals surface area contributed by atoms with Gasteiger partial charge in [0.25, 0.3) is 0 Å². The Hall–Kier alpha value is -1.82. The summed E-state index contributed by atoms with van der Waals surface area (Å²) in [6, 6.07) is 12.3. The van der Waals surface area contributed by atoms with Gasteiger partial charge < -0.3 is 10.2 Å². The summed E-state index contributed by atoms with van der Waals surface area (Å²) in [5.74, 6) is 0.618. The van der Waals surface area contributed by atoms with Gasteiger partial charge in [-0.15, -0.1) is 24.0 Å². The number of rotatable bonds is 7. The molecule has 2 aromatic rings. The molecular weight excluding hydrogens is 542 g/mol. The molecule has 0 saturated heterocycles. The molecule has 0 unspecified atom stereocenters. The number of nitrogens with zero attached hydrogens (tertiary/aromatic N) is 2. The summed E-state index contributed by atoms with van der Waals surface area (Å²) in [5.41, 5.74) is 1.71. The minimum atomic E-state index is -4.35. The van der Waals surface area contributed by atoms with E-state index in [9.17, 15) is 21.6 Å². The third kappa shape index (κ3) is 9.46. The Morgan fingerprint density at radius 2 is 1.52 bits per heavy atom. The Morgan fingerprint density at radius 1 is 1.00 bits per heavy atom. The third-order valence-electron chi connectivity index (χ3n) is 4.26. The molecule has 2 rings (SSSR count). The van der Waals surface area contributed by atoms with E-state index in [-0.39, 0.29) is 29.7 Å². The maximum atomic E-state index is 12.7. The Balaban J connectivity index is 0.00000480. The van der Waals surface area contributed by atoms with Gasteiger partial charge in [0, 0.05) is 26.4 Å². The summed E-state index contributed by atoms with van der Waals surface area (Å²) in [6.45, 7) is 3.36. The second-order valence-electron chi connectivity index (χ2n) is 7.11. The zero-order valence-corrected chi connectivity index (χ0v) is 20.8. The number of nitrogens with one attached hydrogen (secondary N) is 1. The topological polar surface area (TPSA) is 61.8 Å². The first kappa shape index (κ1) is 27.2. The van der Waals surface area contributed by atoms with Gasteiger partial charge in [0.1, 0.15) is 0 Å². The van der Waals surface area contributed by atoms with Crippen LogP contribution in [0.5, 0.6) is 0 Å². The van der Waals surface area contributed by atoms with Crippen LogP contribution >= 0.6 is 24.0 Å². The molecule has 10 heteroatoms. The molecule has 0 saturated carbocycles. The third-order valence-corrected chi connectivity index (χ3v) is 5.12. The summed E-state index contributed by atoms with van der Waals surface area (Å²) in [7, 11) is -1.27. The number of aliphatic imine (C=N–C) groups is 1.